The SMILES string of the molecule is Cc1ccc2c(c1)[N+]([O-])(C(=O)Cl)C=N2. The average molecular weight is 211 g/mol. The van der Waals surface area contributed by atoms with Crippen molar-refractivity contribution in [2.75, 3.05) is 0 Å². The first-order valence-electron chi connectivity index (χ1n) is 4.00. The van der Waals surface area contributed by atoms with Crippen LogP contribution in [-0.2, 0) is 0 Å². The van der Waals surface area contributed by atoms with Crippen LogP contribution in [0, 0.1) is 12.1 Å². The Kier molecular flexibility index (Phi) is 1.92. The minimum absolute atomic E-state index is 0.282. The second-order valence-corrected chi connectivity index (χ2v) is 3.47. The molecule has 0 aliphatic carbocycles. The summed E-state index contributed by atoms with van der Waals surface area (Å²) in [4.78, 5) is 14.8. The molecule has 0 fully saturated rings. The number of hydrogen-bond donors (Lipinski definition) is 0. The molecule has 0 saturated heterocycles. The molecule has 1 aliphatic heterocycles. The normalized spacial score (nSPS) is 23.6. The lowest BCUT2D eigenvalue weighted by atomic mass is 10.2. The number of hydrogen-bond acceptors (Lipinski definition) is 3. The van der Waals surface area contributed by atoms with Gasteiger partial charge in [0.2, 0.25) is 6.34 Å². The zero-order valence-electron chi connectivity index (χ0n) is 7.40. The maximum atomic E-state index is 11.9. The van der Waals surface area contributed by atoms with Gasteiger partial charge in [0, 0.05) is 17.7 Å². The molecule has 0 aromatic heterocycles. The number of rotatable bonds is 0. The van der Waals surface area contributed by atoms with E-state index in [9.17, 15) is 10.0 Å². The van der Waals surface area contributed by atoms with Crippen molar-refractivity contribution in [1.29, 1.82) is 0 Å². The van der Waals surface area contributed by atoms with Crippen LogP contribution in [0.25, 0.3) is 0 Å². The first kappa shape index (κ1) is 9.33. The summed E-state index contributed by atoms with van der Waals surface area (Å²) in [5.41, 5.74) is 1.68. The van der Waals surface area contributed by atoms with E-state index in [2.05, 4.69) is 4.99 Å². The summed E-state index contributed by atoms with van der Waals surface area (Å²) in [5, 5.41) is 10.9. The predicted octanol–water partition coefficient (Wildman–Crippen LogP) is 2.83. The number of aliphatic imine (C=N–C) groups is 1. The maximum Gasteiger partial charge on any atom is 0.422 e. The minimum atomic E-state index is -1.31. The van der Waals surface area contributed by atoms with Crippen LogP contribution in [0.1, 0.15) is 5.56 Å². The predicted molar refractivity (Wildman–Crippen MR) is 55.7 cm³/mol. The molecule has 0 radical (unpaired) electrons. The second-order valence-electron chi connectivity index (χ2n) is 3.15. The number of carbonyl (C=O) groups excluding carboxylic acids is 1. The Morgan fingerprint density at radius 3 is 2.93 bits per heavy atom. The summed E-state index contributed by atoms with van der Waals surface area (Å²) in [7, 11) is 0. The summed E-state index contributed by atoms with van der Waals surface area (Å²) < 4.78 is -1.31. The van der Waals surface area contributed by atoms with Gasteiger partial charge in [-0.2, -0.15) is 4.99 Å². The van der Waals surface area contributed by atoms with Crippen molar-refractivity contribution < 1.29 is 4.79 Å². The summed E-state index contributed by atoms with van der Waals surface area (Å²) in [6.45, 7) is 1.83. The number of amides is 1. The Balaban J connectivity index is 2.63. The number of carbonyl (C=O) groups is 1. The van der Waals surface area contributed by atoms with Crippen molar-refractivity contribution >= 4 is 34.7 Å². The van der Waals surface area contributed by atoms with E-state index >= 15 is 0 Å². The van der Waals surface area contributed by atoms with E-state index in [0.717, 1.165) is 11.9 Å². The van der Waals surface area contributed by atoms with Crippen LogP contribution in [0.5, 0.6) is 0 Å². The van der Waals surface area contributed by atoms with Gasteiger partial charge in [-0.3, -0.25) is 0 Å². The van der Waals surface area contributed by atoms with E-state index in [1.54, 1.807) is 12.1 Å². The summed E-state index contributed by atoms with van der Waals surface area (Å²) >= 11 is 5.23. The molecule has 1 amide bonds. The zero-order chi connectivity index (χ0) is 10.3. The molecule has 1 heterocycles. The van der Waals surface area contributed by atoms with Gasteiger partial charge in [-0.05, 0) is 18.6 Å². The molecule has 1 aliphatic rings. The highest BCUT2D eigenvalue weighted by Gasteiger charge is 2.34. The third kappa shape index (κ3) is 1.16. The fraction of sp³-hybridized carbons (Fsp3) is 0.111. The molecule has 0 spiro atoms. The van der Waals surface area contributed by atoms with Crippen molar-refractivity contribution in [3.05, 3.63) is 29.0 Å². The summed E-state index contributed by atoms with van der Waals surface area (Å²) in [5.74, 6) is 0. The van der Waals surface area contributed by atoms with E-state index in [4.69, 9.17) is 11.6 Å². The molecule has 1 aromatic carbocycles. The van der Waals surface area contributed by atoms with Gasteiger partial charge < -0.3 is 5.21 Å². The van der Waals surface area contributed by atoms with E-state index in [-0.39, 0.29) is 5.69 Å². The molecule has 0 bridgehead atoms. The van der Waals surface area contributed by atoms with Gasteiger partial charge in [-0.1, -0.05) is 6.07 Å². The van der Waals surface area contributed by atoms with E-state index in [0.29, 0.717) is 5.69 Å². The molecule has 0 saturated carbocycles. The molecule has 72 valence electrons. The number of halogens is 1. The first-order chi connectivity index (χ1) is 6.54. The Morgan fingerprint density at radius 2 is 2.29 bits per heavy atom. The number of benzene rings is 1. The van der Waals surface area contributed by atoms with Gasteiger partial charge in [0.1, 0.15) is 5.69 Å². The highest BCUT2D eigenvalue weighted by atomic mass is 35.5. The van der Waals surface area contributed by atoms with Crippen LogP contribution in [0.4, 0.5) is 16.2 Å². The monoisotopic (exact) mass is 210 g/mol. The third-order valence-electron chi connectivity index (χ3n) is 2.11. The highest BCUT2D eigenvalue weighted by molar-refractivity contribution is 6.66. The number of quaternary nitrogens is 1. The van der Waals surface area contributed by atoms with Gasteiger partial charge in [0.25, 0.3) is 0 Å². The van der Waals surface area contributed by atoms with Crippen LogP contribution in [0.3, 0.4) is 0 Å². The van der Waals surface area contributed by atoms with Crippen LogP contribution < -0.4 is 4.65 Å². The molecule has 2 rings (SSSR count). The Hall–Kier alpha value is -1.23. The number of fused-ring (bicyclic) bond motifs is 1. The van der Waals surface area contributed by atoms with Crippen molar-refractivity contribution in [2.24, 2.45) is 4.99 Å². The lowest BCUT2D eigenvalue weighted by molar-refractivity contribution is 0.251. The quantitative estimate of drug-likeness (QED) is 0.286. The minimum Gasteiger partial charge on any atom is -0.612 e. The molecular weight excluding hydrogens is 204 g/mol. The Bertz CT molecular complexity index is 444. The largest absolute Gasteiger partial charge is 0.612 e. The van der Waals surface area contributed by atoms with Gasteiger partial charge in [-0.25, -0.2) is 9.44 Å². The molecule has 1 aromatic rings. The van der Waals surface area contributed by atoms with Crippen LogP contribution >= 0.6 is 11.6 Å². The number of hydroxylamine groups is 2. The molecule has 0 N–H and O–H groups in total. The van der Waals surface area contributed by atoms with Gasteiger partial charge in [0.15, 0.2) is 5.69 Å². The third-order valence-corrected chi connectivity index (χ3v) is 2.36. The van der Waals surface area contributed by atoms with Crippen molar-refractivity contribution in [2.45, 2.75) is 6.92 Å². The molecule has 1 unspecified atom stereocenters. The molecule has 14 heavy (non-hydrogen) atoms. The van der Waals surface area contributed by atoms with Crippen LogP contribution in [-0.4, -0.2) is 11.7 Å². The molecule has 4 nitrogen and oxygen atoms in total. The lowest BCUT2D eigenvalue weighted by Crippen LogP contribution is -2.42. The van der Waals surface area contributed by atoms with Gasteiger partial charge in [0.05, 0.1) is 0 Å². The molecule has 1 atom stereocenters. The number of aryl methyl sites for hydroxylation is 1. The van der Waals surface area contributed by atoms with Crippen molar-refractivity contribution in [3.8, 4) is 0 Å². The van der Waals surface area contributed by atoms with E-state index < -0.39 is 10.0 Å². The smallest absolute Gasteiger partial charge is 0.422 e. The average Bonchev–Trinajstić information content (AvgIpc) is 2.46. The lowest BCUT2D eigenvalue weighted by Gasteiger charge is -2.28. The first-order valence-corrected chi connectivity index (χ1v) is 4.38. The Labute approximate surface area is 85.6 Å². The summed E-state index contributed by atoms with van der Waals surface area (Å²) in [6, 6.07) is 5.14. The summed E-state index contributed by atoms with van der Waals surface area (Å²) in [6.07, 6.45) is 0.999. The second kappa shape index (κ2) is 2.88. The number of nitrogens with zero attached hydrogens (tertiary/aromatic N) is 2. The van der Waals surface area contributed by atoms with Crippen molar-refractivity contribution in [1.82, 2.24) is 4.65 Å². The van der Waals surface area contributed by atoms with Gasteiger partial charge in [-0.15, -0.1) is 0 Å². The maximum absolute atomic E-state index is 11.9. The van der Waals surface area contributed by atoms with Crippen LogP contribution in [0.15, 0.2) is 23.2 Å². The van der Waals surface area contributed by atoms with Crippen LogP contribution in [0.2, 0.25) is 0 Å². The van der Waals surface area contributed by atoms with Gasteiger partial charge >= 0.3 is 5.37 Å². The van der Waals surface area contributed by atoms with E-state index in [1.807, 2.05) is 13.0 Å². The topological polar surface area (TPSA) is 52.5 Å². The fourth-order valence-corrected chi connectivity index (χ4v) is 1.49. The van der Waals surface area contributed by atoms with Crippen molar-refractivity contribution in [3.63, 3.8) is 0 Å². The highest BCUT2D eigenvalue weighted by Crippen LogP contribution is 2.38. The standard InChI is InChI=1S/C9H7ClN2O2/c1-6-2-3-7-8(4-6)12(14,5-11-7)9(10)13/h2-5H,1H3. The fourth-order valence-electron chi connectivity index (χ4n) is 1.35. The zero-order valence-corrected chi connectivity index (χ0v) is 8.15. The molecular formula is C9H7ClN2O2. The Morgan fingerprint density at radius 1 is 1.57 bits per heavy atom. The van der Waals surface area contributed by atoms with E-state index in [1.165, 1.54) is 0 Å². The molecule has 5 heteroatoms.